The molecule has 0 spiro atoms. The number of aromatic nitrogens is 1. The number of nitrogens with zero attached hydrogens (tertiary/aromatic N) is 1. The Bertz CT molecular complexity index is 1080. The molecule has 0 radical (unpaired) electrons. The number of benzene rings is 2. The van der Waals surface area contributed by atoms with Crippen molar-refractivity contribution in [2.75, 3.05) is 11.3 Å². The van der Waals surface area contributed by atoms with Crippen molar-refractivity contribution >= 4 is 26.6 Å². The van der Waals surface area contributed by atoms with Crippen molar-refractivity contribution in [2.24, 2.45) is 0 Å². The summed E-state index contributed by atoms with van der Waals surface area (Å²) in [5.74, 6) is 0.583. The molecule has 0 aliphatic heterocycles. The predicted octanol–water partition coefficient (Wildman–Crippen LogP) is 3.92. The van der Waals surface area contributed by atoms with Crippen LogP contribution in [0.4, 0.5) is 5.69 Å². The molecule has 134 valence electrons. The maximum atomic E-state index is 13.0. The summed E-state index contributed by atoms with van der Waals surface area (Å²) in [4.78, 5) is 4.51. The number of sulfonamides is 1. The van der Waals surface area contributed by atoms with Gasteiger partial charge >= 0.3 is 0 Å². The van der Waals surface area contributed by atoms with Gasteiger partial charge in [0.15, 0.2) is 0 Å². The van der Waals surface area contributed by atoms with E-state index in [1.807, 2.05) is 25.1 Å². The molecule has 0 saturated carbocycles. The van der Waals surface area contributed by atoms with E-state index in [1.54, 1.807) is 30.5 Å². The molecular formula is C20H20N2O3S. The van der Waals surface area contributed by atoms with Crippen LogP contribution in [-0.2, 0) is 22.9 Å². The van der Waals surface area contributed by atoms with Crippen LogP contribution in [0.15, 0.2) is 53.6 Å². The first-order valence-electron chi connectivity index (χ1n) is 8.73. The van der Waals surface area contributed by atoms with Crippen LogP contribution in [0.5, 0.6) is 5.75 Å². The van der Waals surface area contributed by atoms with Gasteiger partial charge in [0.25, 0.3) is 10.0 Å². The molecule has 26 heavy (non-hydrogen) atoms. The molecule has 0 saturated heterocycles. The van der Waals surface area contributed by atoms with Gasteiger partial charge < -0.3 is 4.74 Å². The molecular weight excluding hydrogens is 348 g/mol. The molecule has 1 heterocycles. The lowest BCUT2D eigenvalue weighted by Crippen LogP contribution is -2.14. The Morgan fingerprint density at radius 2 is 1.96 bits per heavy atom. The standard InChI is InChI=1S/C20H20N2O3S/c1-2-25-18-10-11-19(17-7-4-12-21-20(17)18)26(23,24)22-16-9-8-14-5-3-6-15(14)13-16/h4,7-13,22H,2-3,5-6H2,1H3. The summed E-state index contributed by atoms with van der Waals surface area (Å²) < 4.78 is 34.3. The van der Waals surface area contributed by atoms with E-state index in [-0.39, 0.29) is 4.90 Å². The van der Waals surface area contributed by atoms with Gasteiger partial charge in [-0.05, 0) is 73.7 Å². The summed E-state index contributed by atoms with van der Waals surface area (Å²) in [5.41, 5.74) is 3.68. The zero-order chi connectivity index (χ0) is 18.1. The van der Waals surface area contributed by atoms with Crippen LogP contribution in [0.25, 0.3) is 10.9 Å². The lowest BCUT2D eigenvalue weighted by Gasteiger charge is -2.13. The number of rotatable bonds is 5. The molecule has 0 atom stereocenters. The minimum Gasteiger partial charge on any atom is -0.492 e. The fourth-order valence-electron chi connectivity index (χ4n) is 3.47. The van der Waals surface area contributed by atoms with Crippen LogP contribution in [0.3, 0.4) is 0 Å². The number of ether oxygens (including phenoxy) is 1. The number of anilines is 1. The van der Waals surface area contributed by atoms with Gasteiger partial charge in [-0.2, -0.15) is 0 Å². The van der Waals surface area contributed by atoms with Crippen molar-refractivity contribution in [3.05, 3.63) is 59.8 Å². The molecule has 3 aromatic rings. The maximum absolute atomic E-state index is 13.0. The topological polar surface area (TPSA) is 68.3 Å². The second-order valence-corrected chi connectivity index (χ2v) is 7.99. The summed E-state index contributed by atoms with van der Waals surface area (Å²) in [7, 11) is -3.73. The summed E-state index contributed by atoms with van der Waals surface area (Å²) in [5, 5.41) is 0.548. The highest BCUT2D eigenvalue weighted by molar-refractivity contribution is 7.93. The highest BCUT2D eigenvalue weighted by Crippen LogP contribution is 2.31. The van der Waals surface area contributed by atoms with Gasteiger partial charge in [-0.15, -0.1) is 0 Å². The number of aryl methyl sites for hydroxylation is 2. The third-order valence-electron chi connectivity index (χ3n) is 4.63. The van der Waals surface area contributed by atoms with Crippen LogP contribution >= 0.6 is 0 Å². The van der Waals surface area contributed by atoms with Crippen molar-refractivity contribution in [1.29, 1.82) is 0 Å². The van der Waals surface area contributed by atoms with Gasteiger partial charge in [0, 0.05) is 17.3 Å². The van der Waals surface area contributed by atoms with Crippen LogP contribution in [0.1, 0.15) is 24.5 Å². The molecule has 2 aromatic carbocycles. The third kappa shape index (κ3) is 3.01. The molecule has 0 fully saturated rings. The first-order chi connectivity index (χ1) is 12.6. The van der Waals surface area contributed by atoms with E-state index < -0.39 is 10.0 Å². The molecule has 1 N–H and O–H groups in total. The Balaban J connectivity index is 1.75. The average Bonchev–Trinajstić information content (AvgIpc) is 3.09. The van der Waals surface area contributed by atoms with Crippen LogP contribution in [-0.4, -0.2) is 20.0 Å². The van der Waals surface area contributed by atoms with Gasteiger partial charge in [-0.3, -0.25) is 9.71 Å². The minimum absolute atomic E-state index is 0.199. The number of hydrogen-bond acceptors (Lipinski definition) is 4. The smallest absolute Gasteiger partial charge is 0.262 e. The maximum Gasteiger partial charge on any atom is 0.262 e. The van der Waals surface area contributed by atoms with E-state index >= 15 is 0 Å². The SMILES string of the molecule is CCOc1ccc(S(=O)(=O)Nc2ccc3c(c2)CCC3)c2cccnc12. The minimum atomic E-state index is -3.73. The molecule has 4 rings (SSSR count). The van der Waals surface area contributed by atoms with Crippen LogP contribution in [0.2, 0.25) is 0 Å². The molecule has 0 unspecified atom stereocenters. The molecule has 6 heteroatoms. The number of hydrogen-bond donors (Lipinski definition) is 1. The second kappa shape index (κ2) is 6.61. The van der Waals surface area contributed by atoms with E-state index in [1.165, 1.54) is 11.1 Å². The van der Waals surface area contributed by atoms with E-state index in [2.05, 4.69) is 9.71 Å². The van der Waals surface area contributed by atoms with E-state index in [4.69, 9.17) is 4.74 Å². The molecule has 0 bridgehead atoms. The number of fused-ring (bicyclic) bond motifs is 2. The Morgan fingerprint density at radius 3 is 2.81 bits per heavy atom. The second-order valence-electron chi connectivity index (χ2n) is 6.34. The van der Waals surface area contributed by atoms with Gasteiger partial charge in [-0.1, -0.05) is 6.07 Å². The quantitative estimate of drug-likeness (QED) is 0.741. The first-order valence-corrected chi connectivity index (χ1v) is 10.2. The summed E-state index contributed by atoms with van der Waals surface area (Å²) in [6.45, 7) is 2.37. The number of nitrogens with one attached hydrogen (secondary N) is 1. The summed E-state index contributed by atoms with van der Waals surface area (Å²) in [6.07, 6.45) is 4.83. The molecule has 0 amide bonds. The fourth-order valence-corrected chi connectivity index (χ4v) is 4.72. The lowest BCUT2D eigenvalue weighted by atomic mass is 10.1. The van der Waals surface area contributed by atoms with Crippen LogP contribution in [0, 0.1) is 0 Å². The normalized spacial score (nSPS) is 13.6. The van der Waals surface area contributed by atoms with E-state index in [0.29, 0.717) is 28.9 Å². The average molecular weight is 368 g/mol. The van der Waals surface area contributed by atoms with Gasteiger partial charge in [0.05, 0.1) is 11.5 Å². The largest absolute Gasteiger partial charge is 0.492 e. The van der Waals surface area contributed by atoms with Gasteiger partial charge in [0.1, 0.15) is 11.3 Å². The molecule has 5 nitrogen and oxygen atoms in total. The Labute approximate surface area is 153 Å². The van der Waals surface area contributed by atoms with Crippen LogP contribution < -0.4 is 9.46 Å². The predicted molar refractivity (Wildman–Crippen MR) is 102 cm³/mol. The summed E-state index contributed by atoms with van der Waals surface area (Å²) in [6, 6.07) is 12.5. The monoisotopic (exact) mass is 368 g/mol. The Kier molecular flexibility index (Phi) is 4.28. The molecule has 1 aromatic heterocycles. The first kappa shape index (κ1) is 16.8. The Morgan fingerprint density at radius 1 is 1.12 bits per heavy atom. The van der Waals surface area contributed by atoms with Crippen molar-refractivity contribution in [3.8, 4) is 5.75 Å². The van der Waals surface area contributed by atoms with E-state index in [0.717, 1.165) is 19.3 Å². The van der Waals surface area contributed by atoms with Gasteiger partial charge in [-0.25, -0.2) is 8.42 Å². The lowest BCUT2D eigenvalue weighted by molar-refractivity contribution is 0.343. The summed E-state index contributed by atoms with van der Waals surface area (Å²) >= 11 is 0. The molecule has 1 aliphatic carbocycles. The van der Waals surface area contributed by atoms with Crippen molar-refractivity contribution in [1.82, 2.24) is 4.98 Å². The van der Waals surface area contributed by atoms with Crippen molar-refractivity contribution < 1.29 is 13.2 Å². The highest BCUT2D eigenvalue weighted by atomic mass is 32.2. The highest BCUT2D eigenvalue weighted by Gasteiger charge is 2.21. The van der Waals surface area contributed by atoms with E-state index in [9.17, 15) is 8.42 Å². The zero-order valence-electron chi connectivity index (χ0n) is 14.5. The Hall–Kier alpha value is -2.60. The fraction of sp³-hybridized carbons (Fsp3) is 0.250. The zero-order valence-corrected chi connectivity index (χ0v) is 15.3. The number of pyridine rings is 1. The third-order valence-corrected chi connectivity index (χ3v) is 6.07. The van der Waals surface area contributed by atoms with Crippen molar-refractivity contribution in [3.63, 3.8) is 0 Å². The van der Waals surface area contributed by atoms with Crippen molar-refractivity contribution in [2.45, 2.75) is 31.1 Å². The molecule has 1 aliphatic rings. The van der Waals surface area contributed by atoms with Gasteiger partial charge in [0.2, 0.25) is 0 Å².